The molecule has 0 spiro atoms. The molecule has 4 nitrogen and oxygen atoms in total. The number of rotatable bonds is 10. The highest BCUT2D eigenvalue weighted by Crippen LogP contribution is 2.24. The number of benzene rings is 2. The second kappa shape index (κ2) is 10.5. The van der Waals surface area contributed by atoms with Gasteiger partial charge in [-0.1, -0.05) is 30.3 Å². The first-order valence-electron chi connectivity index (χ1n) is 9.96. The van der Waals surface area contributed by atoms with E-state index in [0.717, 1.165) is 38.6 Å². The van der Waals surface area contributed by atoms with E-state index in [2.05, 4.69) is 65.4 Å². The average Bonchev–Trinajstić information content (AvgIpc) is 3.21. The van der Waals surface area contributed by atoms with Crippen molar-refractivity contribution in [1.29, 1.82) is 0 Å². The fourth-order valence-electron chi connectivity index (χ4n) is 3.53. The Hall–Kier alpha value is -1.88. The molecule has 0 bridgehead atoms. The van der Waals surface area contributed by atoms with Crippen LogP contribution in [-0.4, -0.2) is 63.4 Å². The van der Waals surface area contributed by atoms with E-state index in [9.17, 15) is 0 Å². The van der Waals surface area contributed by atoms with E-state index < -0.39 is 0 Å². The van der Waals surface area contributed by atoms with Crippen molar-refractivity contribution in [3.05, 3.63) is 54.1 Å². The highest BCUT2D eigenvalue weighted by Gasteiger charge is 2.10. The third-order valence-electron chi connectivity index (χ3n) is 5.12. The summed E-state index contributed by atoms with van der Waals surface area (Å²) in [7, 11) is 3.87. The van der Waals surface area contributed by atoms with Gasteiger partial charge >= 0.3 is 0 Å². The van der Waals surface area contributed by atoms with E-state index in [1.807, 2.05) is 0 Å². The molecule has 0 radical (unpaired) electrons. The van der Waals surface area contributed by atoms with Gasteiger partial charge in [-0.25, -0.2) is 0 Å². The molecule has 0 unspecified atom stereocenters. The van der Waals surface area contributed by atoms with Crippen LogP contribution < -0.4 is 4.74 Å². The molecule has 146 valence electrons. The number of hydrogen-bond acceptors (Lipinski definition) is 4. The summed E-state index contributed by atoms with van der Waals surface area (Å²) in [6.45, 7) is 6.86. The van der Waals surface area contributed by atoms with E-state index in [-0.39, 0.29) is 0 Å². The predicted molar refractivity (Wildman–Crippen MR) is 111 cm³/mol. The van der Waals surface area contributed by atoms with Crippen molar-refractivity contribution in [2.75, 3.05) is 53.6 Å². The smallest absolute Gasteiger partial charge is 0.119 e. The Morgan fingerprint density at radius 2 is 1.74 bits per heavy atom. The molecule has 0 N–H and O–H groups in total. The Labute approximate surface area is 163 Å². The van der Waals surface area contributed by atoms with Crippen molar-refractivity contribution in [3.8, 4) is 16.9 Å². The molecule has 27 heavy (non-hydrogen) atoms. The molecule has 1 aliphatic heterocycles. The van der Waals surface area contributed by atoms with E-state index >= 15 is 0 Å². The Morgan fingerprint density at radius 1 is 0.963 bits per heavy atom. The lowest BCUT2D eigenvalue weighted by molar-refractivity contribution is 0.158. The van der Waals surface area contributed by atoms with E-state index in [0.29, 0.717) is 0 Å². The van der Waals surface area contributed by atoms with Crippen LogP contribution in [0.4, 0.5) is 0 Å². The standard InChI is InChI=1S/C23H32N2O2/c1-24(14-16-26-2)19-20-6-5-7-22(18-20)21-8-10-23(11-9-21)27-17-15-25-12-3-4-13-25/h5-11,18H,3-4,12-17,19H2,1-2H3. The van der Waals surface area contributed by atoms with E-state index in [4.69, 9.17) is 9.47 Å². The molecule has 4 heteroatoms. The third-order valence-corrected chi connectivity index (χ3v) is 5.12. The van der Waals surface area contributed by atoms with Gasteiger partial charge in [0, 0.05) is 26.7 Å². The summed E-state index contributed by atoms with van der Waals surface area (Å²) in [5.74, 6) is 0.952. The molecule has 1 fully saturated rings. The summed E-state index contributed by atoms with van der Waals surface area (Å²) in [6, 6.07) is 17.2. The maximum atomic E-state index is 5.91. The molecule has 1 aliphatic rings. The van der Waals surface area contributed by atoms with Crippen LogP contribution in [0.25, 0.3) is 11.1 Å². The molecule has 2 aromatic carbocycles. The first-order valence-corrected chi connectivity index (χ1v) is 9.96. The lowest BCUT2D eigenvalue weighted by Gasteiger charge is -2.17. The molecule has 1 heterocycles. The Morgan fingerprint density at radius 3 is 2.48 bits per heavy atom. The largest absolute Gasteiger partial charge is 0.492 e. The van der Waals surface area contributed by atoms with Gasteiger partial charge in [-0.15, -0.1) is 0 Å². The second-order valence-electron chi connectivity index (χ2n) is 7.35. The van der Waals surface area contributed by atoms with Gasteiger partial charge in [-0.05, 0) is 67.9 Å². The van der Waals surface area contributed by atoms with Crippen molar-refractivity contribution in [1.82, 2.24) is 9.80 Å². The molecule has 2 aromatic rings. The van der Waals surface area contributed by atoms with Crippen molar-refractivity contribution in [2.24, 2.45) is 0 Å². The van der Waals surface area contributed by atoms with Crippen molar-refractivity contribution in [2.45, 2.75) is 19.4 Å². The number of hydrogen-bond donors (Lipinski definition) is 0. The van der Waals surface area contributed by atoms with Gasteiger partial charge in [0.05, 0.1) is 6.61 Å². The summed E-state index contributed by atoms with van der Waals surface area (Å²) >= 11 is 0. The first kappa shape index (κ1) is 19.9. The fraction of sp³-hybridized carbons (Fsp3) is 0.478. The lowest BCUT2D eigenvalue weighted by Crippen LogP contribution is -2.25. The number of likely N-dealkylation sites (N-methyl/N-ethyl adjacent to an activating group) is 1. The molecule has 0 saturated carbocycles. The van der Waals surface area contributed by atoms with Crippen LogP contribution in [0.1, 0.15) is 18.4 Å². The number of nitrogens with zero attached hydrogens (tertiary/aromatic N) is 2. The van der Waals surface area contributed by atoms with Crippen LogP contribution >= 0.6 is 0 Å². The zero-order valence-corrected chi connectivity index (χ0v) is 16.7. The molecular weight excluding hydrogens is 336 g/mol. The second-order valence-corrected chi connectivity index (χ2v) is 7.35. The Bertz CT molecular complexity index is 681. The highest BCUT2D eigenvalue weighted by molar-refractivity contribution is 5.64. The highest BCUT2D eigenvalue weighted by atomic mass is 16.5. The normalized spacial score (nSPS) is 14.8. The van der Waals surface area contributed by atoms with Gasteiger partial charge in [-0.2, -0.15) is 0 Å². The number of likely N-dealkylation sites (tertiary alicyclic amines) is 1. The maximum absolute atomic E-state index is 5.91. The van der Waals surface area contributed by atoms with Crippen LogP contribution in [-0.2, 0) is 11.3 Å². The van der Waals surface area contributed by atoms with E-state index in [1.165, 1.54) is 42.6 Å². The van der Waals surface area contributed by atoms with E-state index in [1.54, 1.807) is 7.11 Å². The van der Waals surface area contributed by atoms with Gasteiger partial charge in [0.1, 0.15) is 12.4 Å². The quantitative estimate of drug-likeness (QED) is 0.635. The minimum Gasteiger partial charge on any atom is -0.492 e. The topological polar surface area (TPSA) is 24.9 Å². The van der Waals surface area contributed by atoms with Crippen LogP contribution in [0, 0.1) is 0 Å². The van der Waals surface area contributed by atoms with Gasteiger partial charge < -0.3 is 9.47 Å². The zero-order chi connectivity index (χ0) is 18.9. The Kier molecular flexibility index (Phi) is 7.69. The van der Waals surface area contributed by atoms with Gasteiger partial charge in [-0.3, -0.25) is 9.80 Å². The van der Waals surface area contributed by atoms with Gasteiger partial charge in [0.2, 0.25) is 0 Å². The monoisotopic (exact) mass is 368 g/mol. The first-order chi connectivity index (χ1) is 13.2. The average molecular weight is 369 g/mol. The van der Waals surface area contributed by atoms with Crippen LogP contribution in [0.3, 0.4) is 0 Å². The maximum Gasteiger partial charge on any atom is 0.119 e. The predicted octanol–water partition coefficient (Wildman–Crippen LogP) is 3.91. The van der Waals surface area contributed by atoms with Gasteiger partial charge in [0.25, 0.3) is 0 Å². The molecule has 0 aromatic heterocycles. The third kappa shape index (κ3) is 6.35. The number of methoxy groups -OCH3 is 1. The summed E-state index contributed by atoms with van der Waals surface area (Å²) in [5, 5.41) is 0. The molecule has 3 rings (SSSR count). The molecule has 1 saturated heterocycles. The van der Waals surface area contributed by atoms with Crippen molar-refractivity contribution in [3.63, 3.8) is 0 Å². The lowest BCUT2D eigenvalue weighted by atomic mass is 10.0. The molecule has 0 amide bonds. The minimum absolute atomic E-state index is 0.759. The fourth-order valence-corrected chi connectivity index (χ4v) is 3.53. The summed E-state index contributed by atoms with van der Waals surface area (Å²) in [5.41, 5.74) is 3.79. The summed E-state index contributed by atoms with van der Waals surface area (Å²) in [6.07, 6.45) is 2.66. The number of ether oxygens (including phenoxy) is 2. The molecule has 0 atom stereocenters. The minimum atomic E-state index is 0.759. The molecule has 0 aliphatic carbocycles. The Balaban J connectivity index is 1.53. The van der Waals surface area contributed by atoms with Crippen LogP contribution in [0.5, 0.6) is 5.75 Å². The van der Waals surface area contributed by atoms with Crippen LogP contribution in [0.15, 0.2) is 48.5 Å². The van der Waals surface area contributed by atoms with Crippen molar-refractivity contribution < 1.29 is 9.47 Å². The van der Waals surface area contributed by atoms with Crippen LogP contribution in [0.2, 0.25) is 0 Å². The molecular formula is C23H32N2O2. The SMILES string of the molecule is COCCN(C)Cc1cccc(-c2ccc(OCCN3CCCC3)cc2)c1. The van der Waals surface area contributed by atoms with Crippen molar-refractivity contribution >= 4 is 0 Å². The summed E-state index contributed by atoms with van der Waals surface area (Å²) < 4.78 is 11.1. The van der Waals surface area contributed by atoms with Gasteiger partial charge in [0.15, 0.2) is 0 Å². The summed E-state index contributed by atoms with van der Waals surface area (Å²) in [4.78, 5) is 4.75. The zero-order valence-electron chi connectivity index (χ0n) is 16.7.